The van der Waals surface area contributed by atoms with Crippen LogP contribution in [0, 0.1) is 0 Å². The number of hydrogen-bond donors (Lipinski definition) is 0. The van der Waals surface area contributed by atoms with Crippen molar-refractivity contribution in [1.29, 1.82) is 0 Å². The van der Waals surface area contributed by atoms with Gasteiger partial charge >= 0.3 is 0 Å². The minimum Gasteiger partial charge on any atom is -0.309 e. The third-order valence-corrected chi connectivity index (χ3v) is 19.6. The molecule has 3 nitrogen and oxygen atoms in total. The van der Waals surface area contributed by atoms with Gasteiger partial charge in [0.1, 0.15) is 0 Å². The van der Waals surface area contributed by atoms with Crippen LogP contribution in [0.15, 0.2) is 273 Å². The van der Waals surface area contributed by atoms with Gasteiger partial charge < -0.3 is 13.7 Å². The number of benzene rings is 11. The maximum Gasteiger partial charge on any atom is 0.180 e. The van der Waals surface area contributed by atoms with E-state index in [1.807, 2.05) is 0 Å². The lowest BCUT2D eigenvalue weighted by molar-refractivity contribution is 1.12. The monoisotopic (exact) mass is 907 g/mol. The van der Waals surface area contributed by atoms with E-state index in [0.717, 1.165) is 28.1 Å². The molecule has 4 heteroatoms. The van der Waals surface area contributed by atoms with Crippen LogP contribution in [-0.4, -0.2) is 21.8 Å². The summed E-state index contributed by atoms with van der Waals surface area (Å²) in [6.45, 7) is 0. The van der Waals surface area contributed by atoms with E-state index in [2.05, 4.69) is 287 Å². The molecular formula is C66H45N3Si. The molecule has 0 aliphatic carbocycles. The summed E-state index contributed by atoms with van der Waals surface area (Å²) in [6, 6.07) is 102. The lowest BCUT2D eigenvalue weighted by Crippen LogP contribution is -2.74. The molecule has 0 fully saturated rings. The fourth-order valence-electron chi connectivity index (χ4n) is 11.9. The summed E-state index contributed by atoms with van der Waals surface area (Å²) in [4.78, 5) is 0. The molecule has 0 unspecified atom stereocenters. The number of para-hydroxylation sites is 4. The highest BCUT2D eigenvalue weighted by Crippen LogP contribution is 2.42. The summed E-state index contributed by atoms with van der Waals surface area (Å²) in [5.74, 6) is 0. The largest absolute Gasteiger partial charge is 0.309 e. The van der Waals surface area contributed by atoms with Crippen molar-refractivity contribution >= 4 is 94.2 Å². The first kappa shape index (κ1) is 40.1. The van der Waals surface area contributed by atoms with Crippen LogP contribution in [-0.2, 0) is 0 Å². The maximum atomic E-state index is 2.59. The molecule has 0 N–H and O–H groups in total. The van der Waals surface area contributed by atoms with Crippen molar-refractivity contribution in [1.82, 2.24) is 13.7 Å². The Hall–Kier alpha value is -8.96. The van der Waals surface area contributed by atoms with E-state index >= 15 is 0 Å². The summed E-state index contributed by atoms with van der Waals surface area (Å²) in [5, 5.41) is 12.8. The summed E-state index contributed by atoms with van der Waals surface area (Å²) >= 11 is 0. The van der Waals surface area contributed by atoms with Crippen LogP contribution in [0.3, 0.4) is 0 Å². The Kier molecular flexibility index (Phi) is 9.23. The van der Waals surface area contributed by atoms with Gasteiger partial charge in [0.05, 0.1) is 38.8 Å². The van der Waals surface area contributed by atoms with E-state index in [0.29, 0.717) is 0 Å². The highest BCUT2D eigenvalue weighted by Gasteiger charge is 2.43. The average molecular weight is 908 g/mol. The molecule has 0 saturated carbocycles. The lowest BCUT2D eigenvalue weighted by Gasteiger charge is -2.35. The van der Waals surface area contributed by atoms with E-state index in [1.165, 1.54) is 86.3 Å². The summed E-state index contributed by atoms with van der Waals surface area (Å²) in [6.07, 6.45) is 0. The number of aromatic nitrogens is 3. The predicted octanol–water partition coefficient (Wildman–Crippen LogP) is 14.0. The topological polar surface area (TPSA) is 14.8 Å². The number of hydrogen-bond acceptors (Lipinski definition) is 0. The standard InChI is InChI=1S/C66H45N3Si/c1-5-22-46(23-6-1)47-24-19-25-48(44-47)68-60-38-18-15-34-55(60)56-35-20-40-62(66(56)68)69-61-39-21-41-64(70(50-26-7-2-8-27-50,51-28-9-3-10-29-51)52-30-11-4-12-31-52)65(61)57-43-42-49(45-63(57)69)67-58-36-16-13-32-53(58)54-33-14-17-37-59(54)67/h1-45H. The molecule has 328 valence electrons. The fraction of sp³-hybridized carbons (Fsp3) is 0. The highest BCUT2D eigenvalue weighted by atomic mass is 28.3. The molecule has 0 amide bonds. The maximum absolute atomic E-state index is 3.01. The van der Waals surface area contributed by atoms with Crippen molar-refractivity contribution in [2.75, 3.05) is 0 Å². The van der Waals surface area contributed by atoms with Gasteiger partial charge in [-0.1, -0.05) is 218 Å². The van der Waals surface area contributed by atoms with Crippen molar-refractivity contribution in [3.8, 4) is 28.2 Å². The van der Waals surface area contributed by atoms with Gasteiger partial charge in [0.25, 0.3) is 0 Å². The van der Waals surface area contributed by atoms with E-state index in [1.54, 1.807) is 0 Å². The molecule has 0 aliphatic rings. The van der Waals surface area contributed by atoms with Crippen LogP contribution < -0.4 is 20.7 Å². The molecule has 3 aromatic heterocycles. The molecule has 0 atom stereocenters. The zero-order valence-electron chi connectivity index (χ0n) is 38.3. The molecule has 0 saturated heterocycles. The van der Waals surface area contributed by atoms with Gasteiger partial charge in [-0.05, 0) is 86.5 Å². The Labute approximate surface area is 407 Å². The van der Waals surface area contributed by atoms with Crippen LogP contribution in [0.1, 0.15) is 0 Å². The van der Waals surface area contributed by atoms with E-state index < -0.39 is 8.07 Å². The quantitative estimate of drug-likeness (QED) is 0.107. The predicted molar refractivity (Wildman–Crippen MR) is 299 cm³/mol. The van der Waals surface area contributed by atoms with E-state index in [4.69, 9.17) is 0 Å². The number of nitrogens with zero attached hydrogens (tertiary/aromatic N) is 3. The summed E-state index contributed by atoms with van der Waals surface area (Å²) in [5.41, 5.74) is 12.8. The zero-order valence-corrected chi connectivity index (χ0v) is 39.3. The van der Waals surface area contributed by atoms with Crippen LogP contribution in [0.2, 0.25) is 0 Å². The molecule has 3 heterocycles. The second-order valence-corrected chi connectivity index (χ2v) is 22.2. The smallest absolute Gasteiger partial charge is 0.180 e. The van der Waals surface area contributed by atoms with Crippen LogP contribution >= 0.6 is 0 Å². The molecule has 0 aliphatic heterocycles. The highest BCUT2D eigenvalue weighted by molar-refractivity contribution is 7.20. The Morgan fingerprint density at radius 3 is 1.33 bits per heavy atom. The van der Waals surface area contributed by atoms with E-state index in [9.17, 15) is 0 Å². The first-order chi connectivity index (χ1) is 34.8. The lowest BCUT2D eigenvalue weighted by atomic mass is 10.1. The SMILES string of the molecule is c1ccc(-c2cccc(-n3c4ccccc4c4cccc(-n5c6cc(-n7c8ccccc8c8ccccc87)ccc6c6c([Si](c7ccccc7)(c7ccccc7)c7ccccc7)cccc65)c43)c2)cc1. The molecule has 11 aromatic carbocycles. The fourth-order valence-corrected chi connectivity index (χ4v) is 16.9. The Morgan fingerprint density at radius 2 is 0.714 bits per heavy atom. The van der Waals surface area contributed by atoms with Crippen LogP contribution in [0.25, 0.3) is 93.6 Å². The third kappa shape index (κ3) is 5.94. The molecular weight excluding hydrogens is 863 g/mol. The van der Waals surface area contributed by atoms with Crippen molar-refractivity contribution in [2.24, 2.45) is 0 Å². The Bertz CT molecular complexity index is 4130. The summed E-state index contributed by atoms with van der Waals surface area (Å²) in [7, 11) is -3.01. The molecule has 0 spiro atoms. The zero-order chi connectivity index (χ0) is 46.2. The van der Waals surface area contributed by atoms with Crippen LogP contribution in [0.5, 0.6) is 0 Å². The number of rotatable bonds is 8. The van der Waals surface area contributed by atoms with Crippen molar-refractivity contribution in [3.05, 3.63) is 273 Å². The van der Waals surface area contributed by atoms with Crippen molar-refractivity contribution in [2.45, 2.75) is 0 Å². The van der Waals surface area contributed by atoms with Gasteiger partial charge in [0, 0.05) is 43.7 Å². The average Bonchev–Trinajstić information content (AvgIpc) is 4.08. The molecule has 70 heavy (non-hydrogen) atoms. The van der Waals surface area contributed by atoms with Gasteiger partial charge in [0.15, 0.2) is 8.07 Å². The summed E-state index contributed by atoms with van der Waals surface area (Å²) < 4.78 is 7.54. The van der Waals surface area contributed by atoms with E-state index in [-0.39, 0.29) is 0 Å². The molecule has 14 rings (SSSR count). The van der Waals surface area contributed by atoms with Gasteiger partial charge in [0.2, 0.25) is 0 Å². The van der Waals surface area contributed by atoms with Gasteiger partial charge in [-0.2, -0.15) is 0 Å². The van der Waals surface area contributed by atoms with Gasteiger partial charge in [-0.25, -0.2) is 0 Å². The van der Waals surface area contributed by atoms with Crippen molar-refractivity contribution < 1.29 is 0 Å². The molecule has 0 radical (unpaired) electrons. The Balaban J connectivity index is 1.16. The number of fused-ring (bicyclic) bond motifs is 9. The molecule has 14 aromatic rings. The van der Waals surface area contributed by atoms with Crippen molar-refractivity contribution in [3.63, 3.8) is 0 Å². The van der Waals surface area contributed by atoms with Gasteiger partial charge in [-0.3, -0.25) is 0 Å². The normalized spacial score (nSPS) is 12.0. The first-order valence-corrected chi connectivity index (χ1v) is 26.2. The second-order valence-electron chi connectivity index (χ2n) is 18.4. The minimum absolute atomic E-state index is 1.12. The third-order valence-electron chi connectivity index (χ3n) is 14.8. The minimum atomic E-state index is -3.01. The van der Waals surface area contributed by atoms with Crippen LogP contribution in [0.4, 0.5) is 0 Å². The Morgan fingerprint density at radius 1 is 0.257 bits per heavy atom. The molecule has 0 bridgehead atoms. The second kappa shape index (κ2) is 16.1. The first-order valence-electron chi connectivity index (χ1n) is 24.2. The van der Waals surface area contributed by atoms with Gasteiger partial charge in [-0.15, -0.1) is 0 Å².